The lowest BCUT2D eigenvalue weighted by Crippen LogP contribution is -2.56. The van der Waals surface area contributed by atoms with E-state index < -0.39 is 0 Å². The van der Waals surface area contributed by atoms with Crippen LogP contribution in [0.5, 0.6) is 5.75 Å². The standard InChI is InChI=1S/C18H23NO2/c1-18-8-3-4-16(18)19-9-7-12-10-13(21-2)5-6-14(12)15(19)11-17(18)20/h5-6,10,15-16H,3-4,7-9,11H2,1-2H3/t15-,16+,18+/m0/s1. The number of carbonyl (C=O) groups is 1. The summed E-state index contributed by atoms with van der Waals surface area (Å²) in [4.78, 5) is 15.4. The number of rotatable bonds is 1. The number of methoxy groups -OCH3 is 1. The molecule has 3 atom stereocenters. The molecule has 2 heterocycles. The molecule has 1 aromatic carbocycles. The highest BCUT2D eigenvalue weighted by atomic mass is 16.5. The molecule has 0 N–H and O–H groups in total. The van der Waals surface area contributed by atoms with E-state index in [9.17, 15) is 4.79 Å². The summed E-state index contributed by atoms with van der Waals surface area (Å²) in [5.74, 6) is 1.41. The highest BCUT2D eigenvalue weighted by Crippen LogP contribution is 2.52. The van der Waals surface area contributed by atoms with Crippen LogP contribution in [0.1, 0.15) is 49.8 Å². The fourth-order valence-electron chi connectivity index (χ4n) is 4.85. The zero-order chi connectivity index (χ0) is 14.6. The summed E-state index contributed by atoms with van der Waals surface area (Å²) in [6, 6.07) is 7.12. The van der Waals surface area contributed by atoms with Crippen molar-refractivity contribution in [3.05, 3.63) is 29.3 Å². The fourth-order valence-corrected chi connectivity index (χ4v) is 4.85. The molecule has 1 saturated heterocycles. The minimum atomic E-state index is -0.0829. The average Bonchev–Trinajstić information content (AvgIpc) is 2.90. The van der Waals surface area contributed by atoms with E-state index in [1.165, 1.54) is 24.0 Å². The molecule has 3 aliphatic rings. The van der Waals surface area contributed by atoms with Crippen molar-refractivity contribution in [1.82, 2.24) is 4.90 Å². The molecule has 0 bridgehead atoms. The molecule has 3 nitrogen and oxygen atoms in total. The van der Waals surface area contributed by atoms with Crippen LogP contribution >= 0.6 is 0 Å². The van der Waals surface area contributed by atoms with E-state index >= 15 is 0 Å². The van der Waals surface area contributed by atoms with Crippen LogP contribution in [-0.4, -0.2) is 30.4 Å². The van der Waals surface area contributed by atoms with Gasteiger partial charge in [0.15, 0.2) is 0 Å². The van der Waals surface area contributed by atoms with E-state index in [1.54, 1.807) is 7.11 Å². The lowest BCUT2D eigenvalue weighted by Gasteiger charge is -2.50. The second kappa shape index (κ2) is 4.57. The van der Waals surface area contributed by atoms with Gasteiger partial charge in [-0.2, -0.15) is 0 Å². The first-order chi connectivity index (χ1) is 10.1. The van der Waals surface area contributed by atoms with Crippen LogP contribution in [-0.2, 0) is 11.2 Å². The number of fused-ring (bicyclic) bond motifs is 5. The van der Waals surface area contributed by atoms with E-state index in [0.717, 1.165) is 25.1 Å². The second-order valence-corrected chi connectivity index (χ2v) is 7.02. The predicted molar refractivity (Wildman–Crippen MR) is 81.5 cm³/mol. The first kappa shape index (κ1) is 13.3. The van der Waals surface area contributed by atoms with E-state index in [4.69, 9.17) is 4.74 Å². The zero-order valence-corrected chi connectivity index (χ0v) is 12.9. The van der Waals surface area contributed by atoms with Gasteiger partial charge in [0.05, 0.1) is 7.11 Å². The van der Waals surface area contributed by atoms with Crippen LogP contribution in [0.15, 0.2) is 18.2 Å². The van der Waals surface area contributed by atoms with Crippen molar-refractivity contribution in [1.29, 1.82) is 0 Å². The Bertz CT molecular complexity index is 597. The maximum absolute atomic E-state index is 12.7. The highest BCUT2D eigenvalue weighted by Gasteiger charge is 2.53. The third-order valence-electron chi connectivity index (χ3n) is 6.07. The molecule has 0 spiro atoms. The first-order valence-corrected chi connectivity index (χ1v) is 8.09. The van der Waals surface area contributed by atoms with Gasteiger partial charge < -0.3 is 4.74 Å². The van der Waals surface area contributed by atoms with Gasteiger partial charge >= 0.3 is 0 Å². The van der Waals surface area contributed by atoms with Crippen molar-refractivity contribution in [2.75, 3.05) is 13.7 Å². The number of ketones is 1. The minimum Gasteiger partial charge on any atom is -0.497 e. The lowest BCUT2D eigenvalue weighted by molar-refractivity contribution is -0.139. The summed E-state index contributed by atoms with van der Waals surface area (Å²) in [5, 5.41) is 0. The van der Waals surface area contributed by atoms with Crippen LogP contribution in [0.3, 0.4) is 0 Å². The Balaban J connectivity index is 1.74. The molecule has 0 aromatic heterocycles. The summed E-state index contributed by atoms with van der Waals surface area (Å²) in [6.45, 7) is 3.28. The summed E-state index contributed by atoms with van der Waals surface area (Å²) < 4.78 is 5.34. The van der Waals surface area contributed by atoms with Crippen LogP contribution in [0.2, 0.25) is 0 Å². The van der Waals surface area contributed by atoms with Gasteiger partial charge in [-0.3, -0.25) is 9.69 Å². The molecule has 4 rings (SSSR count). The molecule has 0 radical (unpaired) electrons. The van der Waals surface area contributed by atoms with Gasteiger partial charge in [-0.05, 0) is 42.5 Å². The average molecular weight is 285 g/mol. The molecule has 0 unspecified atom stereocenters. The van der Waals surface area contributed by atoms with Gasteiger partial charge in [-0.1, -0.05) is 19.4 Å². The molecule has 0 amide bonds. The molecule has 21 heavy (non-hydrogen) atoms. The van der Waals surface area contributed by atoms with Crippen LogP contribution in [0.25, 0.3) is 0 Å². The fraction of sp³-hybridized carbons (Fsp3) is 0.611. The highest BCUT2D eigenvalue weighted by molar-refractivity contribution is 5.87. The molecule has 2 fully saturated rings. The molecular formula is C18H23NO2. The topological polar surface area (TPSA) is 29.5 Å². The van der Waals surface area contributed by atoms with Crippen LogP contribution in [0, 0.1) is 5.41 Å². The van der Waals surface area contributed by atoms with E-state index in [1.807, 2.05) is 6.07 Å². The van der Waals surface area contributed by atoms with E-state index in [0.29, 0.717) is 24.3 Å². The monoisotopic (exact) mass is 285 g/mol. The third-order valence-corrected chi connectivity index (χ3v) is 6.07. The van der Waals surface area contributed by atoms with Crippen molar-refractivity contribution in [3.63, 3.8) is 0 Å². The number of Topliss-reactive ketones (excluding diaryl/α,β-unsaturated/α-hetero) is 1. The molecule has 1 saturated carbocycles. The molecule has 2 aliphatic heterocycles. The molecule has 3 heteroatoms. The minimum absolute atomic E-state index is 0.0829. The maximum Gasteiger partial charge on any atom is 0.142 e. The normalized spacial score (nSPS) is 35.0. The number of hydrogen-bond donors (Lipinski definition) is 0. The SMILES string of the molecule is COc1ccc2c(c1)CCN1[C@H]2CC(=O)[C@]2(C)CCC[C@@H]12. The maximum atomic E-state index is 12.7. The van der Waals surface area contributed by atoms with Gasteiger partial charge in [0.1, 0.15) is 11.5 Å². The summed E-state index contributed by atoms with van der Waals surface area (Å²) in [7, 11) is 1.71. The van der Waals surface area contributed by atoms with Gasteiger partial charge in [0, 0.05) is 30.5 Å². The van der Waals surface area contributed by atoms with Crippen molar-refractivity contribution >= 4 is 5.78 Å². The van der Waals surface area contributed by atoms with Crippen molar-refractivity contribution in [2.45, 2.75) is 51.1 Å². The van der Waals surface area contributed by atoms with Crippen molar-refractivity contribution in [3.8, 4) is 5.75 Å². The Labute approximate surface area is 126 Å². The number of nitrogens with zero attached hydrogens (tertiary/aromatic N) is 1. The van der Waals surface area contributed by atoms with E-state index in [-0.39, 0.29) is 5.41 Å². The summed E-state index contributed by atoms with van der Waals surface area (Å²) in [5.41, 5.74) is 2.63. The Morgan fingerprint density at radius 2 is 2.24 bits per heavy atom. The summed E-state index contributed by atoms with van der Waals surface area (Å²) >= 11 is 0. The van der Waals surface area contributed by atoms with Crippen LogP contribution < -0.4 is 4.74 Å². The second-order valence-electron chi connectivity index (χ2n) is 7.02. The predicted octanol–water partition coefficient (Wildman–Crippen LogP) is 3.13. The molecule has 112 valence electrons. The van der Waals surface area contributed by atoms with Crippen LogP contribution in [0.4, 0.5) is 0 Å². The Hall–Kier alpha value is -1.35. The molecule has 1 aliphatic carbocycles. The number of benzene rings is 1. The van der Waals surface area contributed by atoms with Gasteiger partial charge in [-0.15, -0.1) is 0 Å². The van der Waals surface area contributed by atoms with E-state index in [2.05, 4.69) is 24.0 Å². The first-order valence-electron chi connectivity index (χ1n) is 8.09. The zero-order valence-electron chi connectivity index (χ0n) is 12.9. The lowest BCUT2D eigenvalue weighted by atomic mass is 9.70. The third kappa shape index (κ3) is 1.80. The van der Waals surface area contributed by atoms with Crippen molar-refractivity contribution in [2.24, 2.45) is 5.41 Å². The summed E-state index contributed by atoms with van der Waals surface area (Å²) in [6.07, 6.45) is 5.22. The van der Waals surface area contributed by atoms with Crippen molar-refractivity contribution < 1.29 is 9.53 Å². The quantitative estimate of drug-likeness (QED) is 0.794. The largest absolute Gasteiger partial charge is 0.497 e. The van der Waals surface area contributed by atoms with Gasteiger partial charge in [0.2, 0.25) is 0 Å². The Kier molecular flexibility index (Phi) is 2.90. The number of ether oxygens (including phenoxy) is 1. The number of hydrogen-bond acceptors (Lipinski definition) is 3. The van der Waals surface area contributed by atoms with Gasteiger partial charge in [0.25, 0.3) is 0 Å². The molecular weight excluding hydrogens is 262 g/mol. The van der Waals surface area contributed by atoms with Gasteiger partial charge in [-0.25, -0.2) is 0 Å². The smallest absolute Gasteiger partial charge is 0.142 e. The number of carbonyl (C=O) groups excluding carboxylic acids is 1. The number of piperidine rings is 1. The Morgan fingerprint density at radius 3 is 3.05 bits per heavy atom. The Morgan fingerprint density at radius 1 is 1.38 bits per heavy atom. The molecule has 1 aromatic rings.